The summed E-state index contributed by atoms with van der Waals surface area (Å²) in [6.07, 6.45) is 3.92. The third kappa shape index (κ3) is 5.49. The van der Waals surface area contributed by atoms with Gasteiger partial charge in [0, 0.05) is 21.8 Å². The number of imidazole rings is 1. The molecule has 1 aromatic heterocycles. The van der Waals surface area contributed by atoms with Crippen LogP contribution < -0.4 is 5.32 Å². The van der Waals surface area contributed by atoms with Crippen molar-refractivity contribution in [1.82, 2.24) is 14.5 Å². The van der Waals surface area contributed by atoms with E-state index in [1.165, 1.54) is 5.56 Å². The lowest BCUT2D eigenvalue weighted by molar-refractivity contribution is -0.121. The van der Waals surface area contributed by atoms with Crippen LogP contribution in [0.2, 0.25) is 0 Å². The third-order valence-electron chi connectivity index (χ3n) is 6.80. The highest BCUT2D eigenvalue weighted by Crippen LogP contribution is 2.26. The Morgan fingerprint density at radius 3 is 2.43 bits per heavy atom. The summed E-state index contributed by atoms with van der Waals surface area (Å²) >= 11 is 3.54. The van der Waals surface area contributed by atoms with Crippen molar-refractivity contribution in [2.75, 3.05) is 18.4 Å². The van der Waals surface area contributed by atoms with Crippen LogP contribution in [0.1, 0.15) is 37.6 Å². The fourth-order valence-electron chi connectivity index (χ4n) is 4.90. The lowest BCUT2D eigenvalue weighted by atomic mass is 9.95. The summed E-state index contributed by atoms with van der Waals surface area (Å²) in [5.41, 5.74) is 5.43. The van der Waals surface area contributed by atoms with Crippen molar-refractivity contribution in [1.29, 1.82) is 0 Å². The fourth-order valence-corrected chi connectivity index (χ4v) is 5.17. The van der Waals surface area contributed by atoms with Gasteiger partial charge in [-0.05, 0) is 86.4 Å². The molecule has 180 valence electrons. The number of nitrogens with one attached hydrogen (secondary N) is 1. The van der Waals surface area contributed by atoms with Gasteiger partial charge in [-0.2, -0.15) is 0 Å². The van der Waals surface area contributed by atoms with Gasteiger partial charge in [0.1, 0.15) is 5.82 Å². The maximum Gasteiger partial charge on any atom is 0.227 e. The molecule has 35 heavy (non-hydrogen) atoms. The van der Waals surface area contributed by atoms with Gasteiger partial charge in [-0.1, -0.05) is 53.5 Å². The van der Waals surface area contributed by atoms with E-state index >= 15 is 0 Å². The smallest absolute Gasteiger partial charge is 0.227 e. The number of hydrogen-bond donors (Lipinski definition) is 1. The van der Waals surface area contributed by atoms with Gasteiger partial charge in [-0.3, -0.25) is 14.3 Å². The Morgan fingerprint density at radius 2 is 1.71 bits per heavy atom. The summed E-state index contributed by atoms with van der Waals surface area (Å²) in [6.45, 7) is 4.71. The van der Waals surface area contributed by atoms with E-state index in [2.05, 4.69) is 92.2 Å². The highest BCUT2D eigenvalue weighted by molar-refractivity contribution is 9.10. The standard InChI is InChI=1S/C29H31BrN4O/c1-2-5-21-8-12-24(13-9-21)31-29(35)22-16-18-33(19-17-22)20-28-32-26-6-3-4-7-27(26)34(28)25-14-10-23(30)11-15-25/h3-4,6-15,22H,2,5,16-20H2,1H3,(H,31,35). The number of piperidine rings is 1. The largest absolute Gasteiger partial charge is 0.326 e. The Hall–Kier alpha value is -2.96. The first kappa shape index (κ1) is 23.8. The highest BCUT2D eigenvalue weighted by atomic mass is 79.9. The number of rotatable bonds is 7. The van der Waals surface area contributed by atoms with Crippen LogP contribution >= 0.6 is 15.9 Å². The number of fused-ring (bicyclic) bond motifs is 1. The van der Waals surface area contributed by atoms with E-state index < -0.39 is 0 Å². The van der Waals surface area contributed by atoms with Gasteiger partial charge in [-0.25, -0.2) is 4.98 Å². The minimum Gasteiger partial charge on any atom is -0.326 e. The van der Waals surface area contributed by atoms with Crippen molar-refractivity contribution in [3.63, 3.8) is 0 Å². The van der Waals surface area contributed by atoms with Crippen molar-refractivity contribution in [2.24, 2.45) is 5.92 Å². The van der Waals surface area contributed by atoms with E-state index in [4.69, 9.17) is 4.98 Å². The quantitative estimate of drug-likeness (QED) is 0.293. The normalized spacial score (nSPS) is 14.9. The van der Waals surface area contributed by atoms with Gasteiger partial charge in [0.2, 0.25) is 5.91 Å². The second-order valence-corrected chi connectivity index (χ2v) is 10.2. The van der Waals surface area contributed by atoms with Crippen molar-refractivity contribution >= 4 is 38.6 Å². The predicted molar refractivity (Wildman–Crippen MR) is 146 cm³/mol. The van der Waals surface area contributed by atoms with Crippen LogP contribution in [0.4, 0.5) is 5.69 Å². The number of hydrogen-bond acceptors (Lipinski definition) is 3. The Balaban J connectivity index is 1.24. The number of nitrogens with zero attached hydrogens (tertiary/aromatic N) is 3. The number of aromatic nitrogens is 2. The van der Waals surface area contributed by atoms with Crippen LogP contribution in [-0.4, -0.2) is 33.4 Å². The molecule has 0 unspecified atom stereocenters. The van der Waals surface area contributed by atoms with Crippen LogP contribution in [-0.2, 0) is 17.8 Å². The van der Waals surface area contributed by atoms with Gasteiger partial charge < -0.3 is 5.32 Å². The average Bonchev–Trinajstić information content (AvgIpc) is 3.24. The minimum atomic E-state index is 0.0480. The molecule has 1 aliphatic heterocycles. The summed E-state index contributed by atoms with van der Waals surface area (Å²) in [7, 11) is 0. The second kappa shape index (κ2) is 10.8. The highest BCUT2D eigenvalue weighted by Gasteiger charge is 2.26. The SMILES string of the molecule is CCCc1ccc(NC(=O)C2CCN(Cc3nc4ccccc4n3-c3ccc(Br)cc3)CC2)cc1. The zero-order chi connectivity index (χ0) is 24.2. The maximum absolute atomic E-state index is 12.9. The molecule has 1 aliphatic rings. The monoisotopic (exact) mass is 530 g/mol. The Bertz CT molecular complexity index is 1290. The lowest BCUT2D eigenvalue weighted by Gasteiger charge is -2.31. The van der Waals surface area contributed by atoms with Crippen molar-refractivity contribution < 1.29 is 4.79 Å². The number of carbonyl (C=O) groups excluding carboxylic acids is 1. The van der Waals surface area contributed by atoms with Gasteiger partial charge in [0.05, 0.1) is 17.6 Å². The molecule has 4 aromatic rings. The number of carbonyl (C=O) groups is 1. The van der Waals surface area contributed by atoms with Gasteiger partial charge in [0.25, 0.3) is 0 Å². The third-order valence-corrected chi connectivity index (χ3v) is 7.33. The van der Waals surface area contributed by atoms with E-state index in [0.717, 1.165) is 78.0 Å². The molecule has 1 amide bonds. The van der Waals surface area contributed by atoms with Crippen LogP contribution in [0.15, 0.2) is 77.3 Å². The van der Waals surface area contributed by atoms with Crippen LogP contribution in [0.25, 0.3) is 16.7 Å². The maximum atomic E-state index is 12.9. The molecule has 5 rings (SSSR count). The zero-order valence-corrected chi connectivity index (χ0v) is 21.7. The average molecular weight is 531 g/mol. The molecule has 3 aromatic carbocycles. The Morgan fingerprint density at radius 1 is 1.00 bits per heavy atom. The number of likely N-dealkylation sites (tertiary alicyclic amines) is 1. The summed E-state index contributed by atoms with van der Waals surface area (Å²) in [5.74, 6) is 1.21. The van der Waals surface area contributed by atoms with E-state index in [9.17, 15) is 4.79 Å². The van der Waals surface area contributed by atoms with Crippen molar-refractivity contribution in [2.45, 2.75) is 39.2 Å². The number of halogens is 1. The molecule has 1 N–H and O–H groups in total. The lowest BCUT2D eigenvalue weighted by Crippen LogP contribution is -2.38. The molecule has 2 heterocycles. The van der Waals surface area contributed by atoms with E-state index in [1.54, 1.807) is 0 Å². The van der Waals surface area contributed by atoms with Crippen LogP contribution in [0.3, 0.4) is 0 Å². The first-order chi connectivity index (χ1) is 17.1. The van der Waals surface area contributed by atoms with Crippen LogP contribution in [0.5, 0.6) is 0 Å². The molecule has 0 radical (unpaired) electrons. The molecule has 1 saturated heterocycles. The number of para-hydroxylation sites is 2. The number of aryl methyl sites for hydroxylation is 1. The summed E-state index contributed by atoms with van der Waals surface area (Å²) in [5, 5.41) is 3.12. The zero-order valence-electron chi connectivity index (χ0n) is 20.1. The number of amides is 1. The molecule has 6 heteroatoms. The molecule has 0 atom stereocenters. The Kier molecular flexibility index (Phi) is 7.30. The molecule has 5 nitrogen and oxygen atoms in total. The van der Waals surface area contributed by atoms with Gasteiger partial charge in [-0.15, -0.1) is 0 Å². The molecule has 1 fully saturated rings. The summed E-state index contributed by atoms with van der Waals surface area (Å²) in [4.78, 5) is 20.3. The minimum absolute atomic E-state index is 0.0480. The molecule has 0 spiro atoms. The van der Waals surface area contributed by atoms with Crippen molar-refractivity contribution in [3.05, 3.63) is 88.7 Å². The summed E-state index contributed by atoms with van der Waals surface area (Å²) in [6, 6.07) is 24.9. The van der Waals surface area contributed by atoms with E-state index in [-0.39, 0.29) is 11.8 Å². The number of benzene rings is 3. The molecular weight excluding hydrogens is 500 g/mol. The van der Waals surface area contributed by atoms with Crippen molar-refractivity contribution in [3.8, 4) is 5.69 Å². The predicted octanol–water partition coefficient (Wildman–Crippen LogP) is 6.59. The topological polar surface area (TPSA) is 50.2 Å². The van der Waals surface area contributed by atoms with E-state index in [1.807, 2.05) is 18.2 Å². The van der Waals surface area contributed by atoms with E-state index in [0.29, 0.717) is 0 Å². The Labute approximate surface area is 215 Å². The second-order valence-electron chi connectivity index (χ2n) is 9.32. The van der Waals surface area contributed by atoms with Crippen LogP contribution in [0, 0.1) is 5.92 Å². The molecule has 0 aliphatic carbocycles. The molecule has 0 bridgehead atoms. The first-order valence-electron chi connectivity index (χ1n) is 12.4. The number of anilines is 1. The first-order valence-corrected chi connectivity index (χ1v) is 13.2. The molecular formula is C29H31BrN4O. The fraction of sp³-hybridized carbons (Fsp3) is 0.310. The molecule has 0 saturated carbocycles. The van der Waals surface area contributed by atoms with Gasteiger partial charge in [0.15, 0.2) is 0 Å². The summed E-state index contributed by atoms with van der Waals surface area (Å²) < 4.78 is 3.31. The van der Waals surface area contributed by atoms with Gasteiger partial charge >= 0.3 is 0 Å².